The number of nitrogen functional groups attached to an aromatic ring is 1. The van der Waals surface area contributed by atoms with E-state index in [9.17, 15) is 0 Å². The van der Waals surface area contributed by atoms with Crippen molar-refractivity contribution in [2.45, 2.75) is 46.6 Å². The van der Waals surface area contributed by atoms with E-state index < -0.39 is 0 Å². The third kappa shape index (κ3) is 2.10. The predicted molar refractivity (Wildman–Crippen MR) is 68.2 cm³/mol. The van der Waals surface area contributed by atoms with E-state index in [0.717, 1.165) is 22.7 Å². The summed E-state index contributed by atoms with van der Waals surface area (Å²) >= 11 is 0. The van der Waals surface area contributed by atoms with Crippen LogP contribution in [-0.4, -0.2) is 20.2 Å². The predicted octanol–water partition coefficient (Wildman–Crippen LogP) is 1.81. The summed E-state index contributed by atoms with van der Waals surface area (Å²) in [5.41, 5.74) is 8.64. The second-order valence-corrected chi connectivity index (χ2v) is 5.53. The molecule has 0 fully saturated rings. The molecule has 0 aliphatic carbocycles. The summed E-state index contributed by atoms with van der Waals surface area (Å²) in [5.74, 6) is 1.29. The zero-order valence-corrected chi connectivity index (χ0v) is 11.5. The Labute approximate surface area is 106 Å². The van der Waals surface area contributed by atoms with Gasteiger partial charge < -0.3 is 10.3 Å². The lowest BCUT2D eigenvalue weighted by Gasteiger charge is -2.20. The maximum atomic E-state index is 5.90. The Morgan fingerprint density at radius 3 is 2.44 bits per heavy atom. The molecule has 0 saturated heterocycles. The zero-order valence-electron chi connectivity index (χ0n) is 11.5. The van der Waals surface area contributed by atoms with Crippen LogP contribution in [0.15, 0.2) is 4.52 Å². The number of nitrogens with two attached hydrogens (primary N) is 1. The van der Waals surface area contributed by atoms with Gasteiger partial charge in [-0.15, -0.1) is 5.10 Å². The Bertz CT molecular complexity index is 542. The van der Waals surface area contributed by atoms with Gasteiger partial charge in [0, 0.05) is 11.0 Å². The van der Waals surface area contributed by atoms with E-state index in [-0.39, 0.29) is 5.41 Å². The third-order valence-corrected chi connectivity index (χ3v) is 2.96. The van der Waals surface area contributed by atoms with Gasteiger partial charge in [0.2, 0.25) is 0 Å². The maximum absolute atomic E-state index is 5.90. The molecule has 0 unspecified atom stereocenters. The van der Waals surface area contributed by atoms with E-state index in [2.05, 4.69) is 36.2 Å². The first-order chi connectivity index (χ1) is 8.30. The smallest absolute Gasteiger partial charge is 0.169 e. The van der Waals surface area contributed by atoms with Crippen LogP contribution in [0.25, 0.3) is 0 Å². The van der Waals surface area contributed by atoms with Crippen LogP contribution in [0.1, 0.15) is 43.5 Å². The Balaban J connectivity index is 2.42. The van der Waals surface area contributed by atoms with Gasteiger partial charge in [-0.25, -0.2) is 4.68 Å². The molecule has 2 N–H and O–H groups in total. The molecule has 2 rings (SSSR count). The van der Waals surface area contributed by atoms with E-state index >= 15 is 0 Å². The van der Waals surface area contributed by atoms with Crippen molar-refractivity contribution in [3.05, 3.63) is 22.7 Å². The molecule has 0 aliphatic rings. The summed E-state index contributed by atoms with van der Waals surface area (Å²) in [6.45, 7) is 10.7. The van der Waals surface area contributed by atoms with Crippen molar-refractivity contribution < 1.29 is 4.52 Å². The number of hydrogen-bond acceptors (Lipinski definition) is 5. The minimum absolute atomic E-state index is 0.105. The Morgan fingerprint density at radius 2 is 1.94 bits per heavy atom. The Hall–Kier alpha value is -1.85. The molecule has 0 atom stereocenters. The van der Waals surface area contributed by atoms with Crippen molar-refractivity contribution in [1.29, 1.82) is 0 Å². The topological polar surface area (TPSA) is 82.8 Å². The molecule has 2 aromatic heterocycles. The lowest BCUT2D eigenvalue weighted by molar-refractivity contribution is 0.391. The highest BCUT2D eigenvalue weighted by atomic mass is 16.5. The molecule has 6 nitrogen and oxygen atoms in total. The van der Waals surface area contributed by atoms with Gasteiger partial charge in [0.1, 0.15) is 5.76 Å². The average molecular weight is 249 g/mol. The van der Waals surface area contributed by atoms with Crippen LogP contribution in [-0.2, 0) is 12.0 Å². The molecule has 0 saturated carbocycles. The molecular formula is C12H19N5O. The van der Waals surface area contributed by atoms with Crippen LogP contribution >= 0.6 is 0 Å². The first-order valence-electron chi connectivity index (χ1n) is 5.92. The van der Waals surface area contributed by atoms with Gasteiger partial charge in [-0.3, -0.25) is 0 Å². The van der Waals surface area contributed by atoms with Crippen molar-refractivity contribution in [1.82, 2.24) is 20.2 Å². The van der Waals surface area contributed by atoms with Gasteiger partial charge in [-0.1, -0.05) is 31.1 Å². The molecule has 98 valence electrons. The van der Waals surface area contributed by atoms with Gasteiger partial charge in [0.25, 0.3) is 0 Å². The lowest BCUT2D eigenvalue weighted by Crippen LogP contribution is -2.20. The van der Waals surface area contributed by atoms with Crippen molar-refractivity contribution in [3.63, 3.8) is 0 Å². The van der Waals surface area contributed by atoms with Gasteiger partial charge in [0.15, 0.2) is 5.82 Å². The fourth-order valence-electron chi connectivity index (χ4n) is 2.09. The number of rotatable bonds is 2. The number of hydrogen-bond donors (Lipinski definition) is 1. The maximum Gasteiger partial charge on any atom is 0.169 e. The van der Waals surface area contributed by atoms with Crippen LogP contribution in [0.2, 0.25) is 0 Å². The van der Waals surface area contributed by atoms with E-state index in [0.29, 0.717) is 12.4 Å². The number of anilines is 1. The molecule has 2 heterocycles. The SMILES string of the molecule is Cc1noc(C)c1Cn1nnc(N)c1C(C)(C)C. The molecule has 0 aromatic carbocycles. The normalized spacial score (nSPS) is 12.1. The zero-order chi connectivity index (χ0) is 13.5. The highest BCUT2D eigenvalue weighted by Crippen LogP contribution is 2.27. The second-order valence-electron chi connectivity index (χ2n) is 5.53. The molecule has 6 heteroatoms. The van der Waals surface area contributed by atoms with Gasteiger partial charge >= 0.3 is 0 Å². The highest BCUT2D eigenvalue weighted by Gasteiger charge is 2.25. The van der Waals surface area contributed by atoms with E-state index in [1.165, 1.54) is 0 Å². The summed E-state index contributed by atoms with van der Waals surface area (Å²) in [7, 11) is 0. The monoisotopic (exact) mass is 249 g/mol. The van der Waals surface area contributed by atoms with Gasteiger partial charge in [-0.05, 0) is 13.8 Å². The van der Waals surface area contributed by atoms with E-state index in [1.807, 2.05) is 18.5 Å². The van der Waals surface area contributed by atoms with Crippen LogP contribution in [0.4, 0.5) is 5.82 Å². The fraction of sp³-hybridized carbons (Fsp3) is 0.583. The molecule has 2 aromatic rings. The van der Waals surface area contributed by atoms with Crippen molar-refractivity contribution >= 4 is 5.82 Å². The fourth-order valence-corrected chi connectivity index (χ4v) is 2.09. The minimum Gasteiger partial charge on any atom is -0.381 e. The van der Waals surface area contributed by atoms with E-state index in [4.69, 9.17) is 10.3 Å². The van der Waals surface area contributed by atoms with Gasteiger partial charge in [0.05, 0.1) is 17.9 Å². The largest absolute Gasteiger partial charge is 0.381 e. The average Bonchev–Trinajstić information content (AvgIpc) is 2.75. The number of nitrogens with zero attached hydrogens (tertiary/aromatic N) is 4. The summed E-state index contributed by atoms with van der Waals surface area (Å²) < 4.78 is 6.98. The molecular weight excluding hydrogens is 230 g/mol. The first-order valence-corrected chi connectivity index (χ1v) is 5.92. The minimum atomic E-state index is -0.105. The quantitative estimate of drug-likeness (QED) is 0.877. The van der Waals surface area contributed by atoms with Crippen LogP contribution < -0.4 is 5.73 Å². The molecule has 18 heavy (non-hydrogen) atoms. The summed E-state index contributed by atoms with van der Waals surface area (Å²) in [5, 5.41) is 12.0. The summed E-state index contributed by atoms with van der Waals surface area (Å²) in [4.78, 5) is 0. The molecule has 0 amide bonds. The molecule has 0 bridgehead atoms. The van der Waals surface area contributed by atoms with Crippen LogP contribution in [0, 0.1) is 13.8 Å². The Kier molecular flexibility index (Phi) is 2.88. The lowest BCUT2D eigenvalue weighted by atomic mass is 9.91. The molecule has 0 spiro atoms. The van der Waals surface area contributed by atoms with Crippen LogP contribution in [0.3, 0.4) is 0 Å². The summed E-state index contributed by atoms with van der Waals surface area (Å²) in [6, 6.07) is 0. The van der Waals surface area contributed by atoms with E-state index in [1.54, 1.807) is 0 Å². The molecule has 0 aliphatic heterocycles. The van der Waals surface area contributed by atoms with Gasteiger partial charge in [-0.2, -0.15) is 0 Å². The second kappa shape index (κ2) is 4.12. The number of aryl methyl sites for hydroxylation is 2. The molecule has 0 radical (unpaired) electrons. The Morgan fingerprint density at radius 1 is 1.28 bits per heavy atom. The highest BCUT2D eigenvalue weighted by molar-refractivity contribution is 5.38. The summed E-state index contributed by atoms with van der Waals surface area (Å²) in [6.07, 6.45) is 0. The van der Waals surface area contributed by atoms with Crippen molar-refractivity contribution in [3.8, 4) is 0 Å². The number of aromatic nitrogens is 4. The van der Waals surface area contributed by atoms with Crippen molar-refractivity contribution in [2.24, 2.45) is 0 Å². The first kappa shape index (κ1) is 12.6. The van der Waals surface area contributed by atoms with Crippen molar-refractivity contribution in [2.75, 3.05) is 5.73 Å². The third-order valence-electron chi connectivity index (χ3n) is 2.96. The van der Waals surface area contributed by atoms with Crippen LogP contribution in [0.5, 0.6) is 0 Å². The standard InChI is InChI=1S/C12H19N5O/c1-7-9(8(2)18-15-7)6-17-10(12(3,4)5)11(13)14-16-17/h6,13H2,1-5H3.